The van der Waals surface area contributed by atoms with Gasteiger partial charge in [0, 0.05) is 29.1 Å². The van der Waals surface area contributed by atoms with Crippen LogP contribution in [0.3, 0.4) is 0 Å². The lowest BCUT2D eigenvalue weighted by molar-refractivity contribution is -0.123. The van der Waals surface area contributed by atoms with E-state index < -0.39 is 0 Å². The van der Waals surface area contributed by atoms with Gasteiger partial charge in [0.05, 0.1) is 11.6 Å². The number of carbonyl (C=O) groups excluding carboxylic acids is 1. The lowest BCUT2D eigenvalue weighted by atomic mass is 10.2. The van der Waals surface area contributed by atoms with E-state index in [0.29, 0.717) is 23.1 Å². The van der Waals surface area contributed by atoms with Gasteiger partial charge in [0.2, 0.25) is 0 Å². The first kappa shape index (κ1) is 15.1. The molecule has 6 heteroatoms. The molecule has 0 aliphatic carbocycles. The highest BCUT2D eigenvalue weighted by Crippen LogP contribution is 2.23. The summed E-state index contributed by atoms with van der Waals surface area (Å²) in [5.41, 5.74) is 0.577. The summed E-state index contributed by atoms with van der Waals surface area (Å²) >= 11 is 3.86. The Hall–Kier alpha value is -1.32. The predicted molar refractivity (Wildman–Crippen MR) is 83.2 cm³/mol. The molecule has 2 rings (SSSR count). The SMILES string of the molecule is N#Cc1ccc(OCC(=O)NCC2CSCCS2)cc1. The number of nitrogens with one attached hydrogen (secondary N) is 1. The molecule has 0 saturated carbocycles. The lowest BCUT2D eigenvalue weighted by Crippen LogP contribution is -2.36. The molecule has 0 aromatic heterocycles. The number of rotatable bonds is 5. The Bertz CT molecular complexity index is 479. The Morgan fingerprint density at radius 2 is 2.20 bits per heavy atom. The van der Waals surface area contributed by atoms with E-state index in [-0.39, 0.29) is 12.5 Å². The molecule has 0 radical (unpaired) electrons. The molecule has 106 valence electrons. The van der Waals surface area contributed by atoms with Gasteiger partial charge in [-0.15, -0.1) is 0 Å². The molecule has 1 aliphatic rings. The van der Waals surface area contributed by atoms with Crippen LogP contribution >= 0.6 is 23.5 Å². The summed E-state index contributed by atoms with van der Waals surface area (Å²) in [7, 11) is 0. The normalized spacial score (nSPS) is 18.1. The van der Waals surface area contributed by atoms with Gasteiger partial charge in [-0.3, -0.25) is 4.79 Å². The summed E-state index contributed by atoms with van der Waals surface area (Å²) in [5.74, 6) is 3.96. The van der Waals surface area contributed by atoms with Crippen LogP contribution in [0.4, 0.5) is 0 Å². The first-order valence-electron chi connectivity index (χ1n) is 6.37. The minimum Gasteiger partial charge on any atom is -0.484 e. The van der Waals surface area contributed by atoms with Gasteiger partial charge in [-0.1, -0.05) is 0 Å². The fourth-order valence-corrected chi connectivity index (χ4v) is 4.32. The Balaban J connectivity index is 1.67. The molecule has 0 spiro atoms. The zero-order chi connectivity index (χ0) is 14.2. The minimum atomic E-state index is -0.106. The van der Waals surface area contributed by atoms with Crippen molar-refractivity contribution in [1.82, 2.24) is 5.32 Å². The van der Waals surface area contributed by atoms with E-state index >= 15 is 0 Å². The van der Waals surface area contributed by atoms with E-state index in [1.54, 1.807) is 24.3 Å². The summed E-state index contributed by atoms with van der Waals surface area (Å²) < 4.78 is 5.37. The van der Waals surface area contributed by atoms with Crippen molar-refractivity contribution >= 4 is 29.4 Å². The second kappa shape index (κ2) is 8.08. The molecular weight excluding hydrogens is 292 g/mol. The number of hydrogen-bond donors (Lipinski definition) is 1. The molecule has 0 bridgehead atoms. The van der Waals surface area contributed by atoms with Crippen LogP contribution in [0.25, 0.3) is 0 Å². The van der Waals surface area contributed by atoms with E-state index in [4.69, 9.17) is 10.00 Å². The van der Waals surface area contributed by atoms with E-state index in [1.165, 1.54) is 5.75 Å². The second-order valence-corrected chi connectivity index (χ2v) is 6.85. The summed E-state index contributed by atoms with van der Waals surface area (Å²) in [6.07, 6.45) is 0. The molecule has 1 N–H and O–H groups in total. The third-order valence-electron chi connectivity index (χ3n) is 2.77. The van der Waals surface area contributed by atoms with E-state index in [1.807, 2.05) is 29.6 Å². The maximum atomic E-state index is 11.7. The van der Waals surface area contributed by atoms with Gasteiger partial charge in [0.25, 0.3) is 5.91 Å². The zero-order valence-corrected chi connectivity index (χ0v) is 12.6. The fraction of sp³-hybridized carbons (Fsp3) is 0.429. The molecule has 1 saturated heterocycles. The lowest BCUT2D eigenvalue weighted by Gasteiger charge is -2.21. The predicted octanol–water partition coefficient (Wildman–Crippen LogP) is 1.90. The van der Waals surface area contributed by atoms with Gasteiger partial charge in [-0.2, -0.15) is 28.8 Å². The molecule has 1 fully saturated rings. The topological polar surface area (TPSA) is 62.1 Å². The molecule has 1 aromatic rings. The summed E-state index contributed by atoms with van der Waals surface area (Å²) in [6.45, 7) is 0.712. The maximum Gasteiger partial charge on any atom is 0.257 e. The van der Waals surface area contributed by atoms with Crippen LogP contribution in [-0.4, -0.2) is 41.6 Å². The van der Waals surface area contributed by atoms with Crippen molar-refractivity contribution in [3.05, 3.63) is 29.8 Å². The average Bonchev–Trinajstić information content (AvgIpc) is 2.52. The first-order chi connectivity index (χ1) is 9.78. The number of benzene rings is 1. The van der Waals surface area contributed by atoms with Crippen molar-refractivity contribution in [2.75, 3.05) is 30.4 Å². The van der Waals surface area contributed by atoms with Gasteiger partial charge in [-0.25, -0.2) is 0 Å². The van der Waals surface area contributed by atoms with E-state index in [0.717, 1.165) is 11.5 Å². The van der Waals surface area contributed by atoms with Crippen LogP contribution in [0.5, 0.6) is 5.75 Å². The molecule has 1 amide bonds. The van der Waals surface area contributed by atoms with Crippen LogP contribution in [0.2, 0.25) is 0 Å². The van der Waals surface area contributed by atoms with Gasteiger partial charge < -0.3 is 10.1 Å². The number of thioether (sulfide) groups is 2. The van der Waals surface area contributed by atoms with Crippen molar-refractivity contribution in [2.45, 2.75) is 5.25 Å². The van der Waals surface area contributed by atoms with Crippen LogP contribution in [0, 0.1) is 11.3 Å². The monoisotopic (exact) mass is 308 g/mol. The van der Waals surface area contributed by atoms with Crippen LogP contribution < -0.4 is 10.1 Å². The van der Waals surface area contributed by atoms with Crippen molar-refractivity contribution < 1.29 is 9.53 Å². The maximum absolute atomic E-state index is 11.7. The molecule has 4 nitrogen and oxygen atoms in total. The third kappa shape index (κ3) is 4.99. The average molecular weight is 308 g/mol. The fourth-order valence-electron chi connectivity index (χ4n) is 1.71. The Morgan fingerprint density at radius 1 is 1.40 bits per heavy atom. The molecule has 1 aliphatic heterocycles. The summed E-state index contributed by atoms with van der Waals surface area (Å²) in [5, 5.41) is 12.1. The van der Waals surface area contributed by atoms with Crippen LogP contribution in [0.15, 0.2) is 24.3 Å². The number of hydrogen-bond acceptors (Lipinski definition) is 5. The van der Waals surface area contributed by atoms with Crippen molar-refractivity contribution in [3.8, 4) is 11.8 Å². The Morgan fingerprint density at radius 3 is 2.85 bits per heavy atom. The molecular formula is C14H16N2O2S2. The number of nitrogens with zero attached hydrogens (tertiary/aromatic N) is 1. The van der Waals surface area contributed by atoms with Gasteiger partial charge in [0.1, 0.15) is 5.75 Å². The van der Waals surface area contributed by atoms with Crippen molar-refractivity contribution in [3.63, 3.8) is 0 Å². The van der Waals surface area contributed by atoms with E-state index in [9.17, 15) is 4.79 Å². The van der Waals surface area contributed by atoms with Gasteiger partial charge in [0.15, 0.2) is 6.61 Å². The standard InChI is InChI=1S/C14H16N2O2S2/c15-7-11-1-3-12(4-2-11)18-9-14(17)16-8-13-10-19-5-6-20-13/h1-4,13H,5-6,8-10H2,(H,16,17). The first-order valence-corrected chi connectivity index (χ1v) is 8.57. The van der Waals surface area contributed by atoms with Crippen molar-refractivity contribution in [2.24, 2.45) is 0 Å². The van der Waals surface area contributed by atoms with Gasteiger partial charge >= 0.3 is 0 Å². The molecule has 1 unspecified atom stereocenters. The zero-order valence-electron chi connectivity index (χ0n) is 11.0. The number of nitriles is 1. The third-order valence-corrected chi connectivity index (χ3v) is 5.61. The molecule has 1 heterocycles. The molecule has 1 atom stereocenters. The van der Waals surface area contributed by atoms with Gasteiger partial charge in [-0.05, 0) is 24.3 Å². The summed E-state index contributed by atoms with van der Waals surface area (Å²) in [4.78, 5) is 11.7. The van der Waals surface area contributed by atoms with Crippen molar-refractivity contribution in [1.29, 1.82) is 5.26 Å². The smallest absolute Gasteiger partial charge is 0.257 e. The van der Waals surface area contributed by atoms with E-state index in [2.05, 4.69) is 5.32 Å². The largest absolute Gasteiger partial charge is 0.484 e. The number of carbonyl (C=O) groups is 1. The highest BCUT2D eigenvalue weighted by molar-refractivity contribution is 8.06. The number of ether oxygens (including phenoxy) is 1. The quantitative estimate of drug-likeness (QED) is 0.900. The Kier molecular flexibility index (Phi) is 6.09. The Labute approximate surface area is 127 Å². The minimum absolute atomic E-state index is 0.0103. The van der Waals surface area contributed by atoms with Crippen LogP contribution in [-0.2, 0) is 4.79 Å². The second-order valence-electron chi connectivity index (χ2n) is 4.30. The molecule has 1 aromatic carbocycles. The molecule has 20 heavy (non-hydrogen) atoms. The van der Waals surface area contributed by atoms with Crippen LogP contribution in [0.1, 0.15) is 5.56 Å². The number of amides is 1. The highest BCUT2D eigenvalue weighted by Gasteiger charge is 2.15. The highest BCUT2D eigenvalue weighted by atomic mass is 32.2. The summed E-state index contributed by atoms with van der Waals surface area (Å²) in [6, 6.07) is 8.76.